The number of nitrogens with zero attached hydrogens (tertiary/aromatic N) is 3. The van der Waals surface area contributed by atoms with Crippen molar-refractivity contribution in [2.45, 2.75) is 45.3 Å². The molecule has 1 fully saturated rings. The van der Waals surface area contributed by atoms with Crippen molar-refractivity contribution in [1.29, 1.82) is 0 Å². The van der Waals surface area contributed by atoms with E-state index in [1.165, 1.54) is 22.9 Å². The molecule has 0 bridgehead atoms. The van der Waals surface area contributed by atoms with Crippen LogP contribution in [0.2, 0.25) is 0 Å². The molecule has 9 heteroatoms. The molecule has 6 nitrogen and oxygen atoms in total. The van der Waals surface area contributed by atoms with Gasteiger partial charge < -0.3 is 10.2 Å². The van der Waals surface area contributed by atoms with E-state index in [4.69, 9.17) is 0 Å². The molecule has 1 aliphatic heterocycles. The summed E-state index contributed by atoms with van der Waals surface area (Å²) in [6, 6.07) is 5.77. The van der Waals surface area contributed by atoms with Crippen LogP contribution in [0, 0.1) is 6.92 Å². The summed E-state index contributed by atoms with van der Waals surface area (Å²) in [5.74, 6) is -0.602. The number of alkyl halides is 3. The Morgan fingerprint density at radius 1 is 1.23 bits per heavy atom. The first kappa shape index (κ1) is 22.0. The highest BCUT2D eigenvalue weighted by molar-refractivity contribution is 5.92. The van der Waals surface area contributed by atoms with Crippen LogP contribution in [-0.4, -0.2) is 46.3 Å². The average Bonchev–Trinajstić information content (AvgIpc) is 2.69. The average molecular weight is 422 g/mol. The van der Waals surface area contributed by atoms with Crippen molar-refractivity contribution in [3.63, 3.8) is 0 Å². The lowest BCUT2D eigenvalue weighted by Crippen LogP contribution is -2.46. The first-order chi connectivity index (χ1) is 14.2. The number of benzene rings is 1. The molecule has 2 heterocycles. The number of hydrogen-bond acceptors (Lipinski definition) is 4. The highest BCUT2D eigenvalue weighted by atomic mass is 19.4. The van der Waals surface area contributed by atoms with Gasteiger partial charge in [-0.05, 0) is 50.9 Å². The van der Waals surface area contributed by atoms with Gasteiger partial charge in [-0.1, -0.05) is 13.0 Å². The van der Waals surface area contributed by atoms with E-state index in [1.54, 1.807) is 6.92 Å². The standard InChI is InChI=1S/C21H25F3N4O2/c1-3-9-27-10-7-16(8-11-27)25-20(30)19-18(29)12-14(2)28(26-19)17-6-4-5-15(13-17)21(22,23)24/h4-6,12-13,16H,3,7-11H2,1-2H3,(H,25,30). The maximum Gasteiger partial charge on any atom is 0.416 e. The number of hydrogen-bond donors (Lipinski definition) is 1. The molecule has 1 aromatic carbocycles. The lowest BCUT2D eigenvalue weighted by atomic mass is 10.0. The fourth-order valence-corrected chi connectivity index (χ4v) is 3.65. The number of carbonyl (C=O) groups is 1. The Bertz CT molecular complexity index is 963. The molecule has 30 heavy (non-hydrogen) atoms. The molecule has 0 saturated carbocycles. The zero-order valence-corrected chi connectivity index (χ0v) is 17.0. The zero-order chi connectivity index (χ0) is 21.9. The summed E-state index contributed by atoms with van der Waals surface area (Å²) in [6.45, 7) is 6.43. The van der Waals surface area contributed by atoms with Gasteiger partial charge in [0.25, 0.3) is 5.91 Å². The minimum Gasteiger partial charge on any atom is -0.348 e. The van der Waals surface area contributed by atoms with Gasteiger partial charge in [0.2, 0.25) is 5.43 Å². The van der Waals surface area contributed by atoms with Gasteiger partial charge in [-0.15, -0.1) is 0 Å². The third-order valence-corrected chi connectivity index (χ3v) is 5.20. The van der Waals surface area contributed by atoms with Crippen molar-refractivity contribution in [2.75, 3.05) is 19.6 Å². The fourth-order valence-electron chi connectivity index (χ4n) is 3.65. The Hall–Kier alpha value is -2.68. The number of halogens is 3. The quantitative estimate of drug-likeness (QED) is 0.804. The topological polar surface area (TPSA) is 67.2 Å². The monoisotopic (exact) mass is 422 g/mol. The number of carbonyl (C=O) groups excluding carboxylic acids is 1. The largest absolute Gasteiger partial charge is 0.416 e. The van der Waals surface area contributed by atoms with Crippen molar-refractivity contribution in [3.05, 3.63) is 57.5 Å². The summed E-state index contributed by atoms with van der Waals surface area (Å²) < 4.78 is 40.3. The molecule has 0 aliphatic carbocycles. The van der Waals surface area contributed by atoms with E-state index in [9.17, 15) is 22.8 Å². The third kappa shape index (κ3) is 5.08. The van der Waals surface area contributed by atoms with Crippen LogP contribution in [0.25, 0.3) is 5.69 Å². The molecule has 2 aromatic rings. The van der Waals surface area contributed by atoms with Gasteiger partial charge in [-0.2, -0.15) is 18.3 Å². The number of amides is 1. The number of rotatable bonds is 5. The molecular weight excluding hydrogens is 397 g/mol. The molecule has 1 N–H and O–H groups in total. The molecule has 0 radical (unpaired) electrons. The van der Waals surface area contributed by atoms with E-state index in [0.29, 0.717) is 5.69 Å². The number of likely N-dealkylation sites (tertiary alicyclic amines) is 1. The van der Waals surface area contributed by atoms with Crippen molar-refractivity contribution in [3.8, 4) is 5.69 Å². The molecule has 1 aromatic heterocycles. The van der Waals surface area contributed by atoms with Crippen LogP contribution in [0.3, 0.4) is 0 Å². The van der Waals surface area contributed by atoms with Crippen LogP contribution < -0.4 is 10.7 Å². The van der Waals surface area contributed by atoms with E-state index >= 15 is 0 Å². The summed E-state index contributed by atoms with van der Waals surface area (Å²) >= 11 is 0. The Morgan fingerprint density at radius 3 is 2.57 bits per heavy atom. The van der Waals surface area contributed by atoms with Gasteiger partial charge in [0, 0.05) is 30.9 Å². The van der Waals surface area contributed by atoms with Crippen LogP contribution in [0.15, 0.2) is 35.1 Å². The maximum atomic E-state index is 13.0. The van der Waals surface area contributed by atoms with E-state index in [1.807, 2.05) is 0 Å². The SMILES string of the molecule is CCCN1CCC(NC(=O)c2nn(-c3cccc(C(F)(F)F)c3)c(C)cc2=O)CC1. The van der Waals surface area contributed by atoms with Gasteiger partial charge in [-0.25, -0.2) is 4.68 Å². The molecule has 0 spiro atoms. The Balaban J connectivity index is 1.82. The molecule has 0 atom stereocenters. The van der Waals surface area contributed by atoms with Gasteiger partial charge in [0.15, 0.2) is 5.69 Å². The second kappa shape index (κ2) is 8.99. The van der Waals surface area contributed by atoms with E-state index in [-0.39, 0.29) is 17.4 Å². The number of nitrogens with one attached hydrogen (secondary N) is 1. The number of aryl methyl sites for hydroxylation is 1. The second-order valence-electron chi connectivity index (χ2n) is 7.55. The highest BCUT2D eigenvalue weighted by Gasteiger charge is 2.31. The van der Waals surface area contributed by atoms with Crippen LogP contribution in [0.4, 0.5) is 13.2 Å². The third-order valence-electron chi connectivity index (χ3n) is 5.20. The Labute approximate surface area is 172 Å². The van der Waals surface area contributed by atoms with Gasteiger partial charge in [0.05, 0.1) is 11.3 Å². The predicted molar refractivity (Wildman–Crippen MR) is 107 cm³/mol. The summed E-state index contributed by atoms with van der Waals surface area (Å²) in [5.41, 5.74) is -1.25. The summed E-state index contributed by atoms with van der Waals surface area (Å²) in [4.78, 5) is 27.4. The highest BCUT2D eigenvalue weighted by Crippen LogP contribution is 2.30. The van der Waals surface area contributed by atoms with E-state index in [0.717, 1.165) is 51.0 Å². The number of piperidine rings is 1. The maximum absolute atomic E-state index is 13.0. The first-order valence-corrected chi connectivity index (χ1v) is 10.0. The first-order valence-electron chi connectivity index (χ1n) is 10.0. The normalized spacial score (nSPS) is 15.9. The molecular formula is C21H25F3N4O2. The van der Waals surface area contributed by atoms with E-state index in [2.05, 4.69) is 22.2 Å². The van der Waals surface area contributed by atoms with E-state index < -0.39 is 23.1 Å². The lowest BCUT2D eigenvalue weighted by molar-refractivity contribution is -0.137. The molecule has 162 valence electrons. The lowest BCUT2D eigenvalue weighted by Gasteiger charge is -2.31. The van der Waals surface area contributed by atoms with Gasteiger partial charge in [0.1, 0.15) is 0 Å². The van der Waals surface area contributed by atoms with Gasteiger partial charge in [-0.3, -0.25) is 9.59 Å². The van der Waals surface area contributed by atoms with Crippen molar-refractivity contribution in [2.24, 2.45) is 0 Å². The van der Waals surface area contributed by atoms with Crippen LogP contribution in [0.1, 0.15) is 47.9 Å². The van der Waals surface area contributed by atoms with Crippen molar-refractivity contribution >= 4 is 5.91 Å². The minimum atomic E-state index is -4.50. The van der Waals surface area contributed by atoms with Crippen molar-refractivity contribution in [1.82, 2.24) is 20.0 Å². The van der Waals surface area contributed by atoms with Gasteiger partial charge >= 0.3 is 6.18 Å². The van der Waals surface area contributed by atoms with Crippen LogP contribution in [-0.2, 0) is 6.18 Å². The summed E-state index contributed by atoms with van der Waals surface area (Å²) in [7, 11) is 0. The van der Waals surface area contributed by atoms with Crippen LogP contribution in [0.5, 0.6) is 0 Å². The van der Waals surface area contributed by atoms with Crippen molar-refractivity contribution < 1.29 is 18.0 Å². The smallest absolute Gasteiger partial charge is 0.348 e. The predicted octanol–water partition coefficient (Wildman–Crippen LogP) is 3.16. The summed E-state index contributed by atoms with van der Waals surface area (Å²) in [5, 5.41) is 6.94. The summed E-state index contributed by atoms with van der Waals surface area (Å²) in [6.07, 6.45) is -1.88. The minimum absolute atomic E-state index is 0.0601. The molecule has 0 unspecified atom stereocenters. The molecule has 1 aliphatic rings. The molecule has 1 amide bonds. The molecule has 3 rings (SSSR count). The molecule has 1 saturated heterocycles. The Kier molecular flexibility index (Phi) is 6.60. The number of aromatic nitrogens is 2. The zero-order valence-electron chi connectivity index (χ0n) is 17.0. The fraction of sp³-hybridized carbons (Fsp3) is 0.476. The second-order valence-corrected chi connectivity index (χ2v) is 7.55. The Morgan fingerprint density at radius 2 is 1.93 bits per heavy atom. The van der Waals surface area contributed by atoms with Crippen LogP contribution >= 0.6 is 0 Å².